The van der Waals surface area contributed by atoms with E-state index in [1.165, 1.54) is 0 Å². The second-order valence-corrected chi connectivity index (χ2v) is 4.85. The number of nitrogens with zero attached hydrogens (tertiary/aromatic N) is 1. The van der Waals surface area contributed by atoms with Crippen LogP contribution >= 0.6 is 0 Å². The molecule has 0 radical (unpaired) electrons. The summed E-state index contributed by atoms with van der Waals surface area (Å²) in [5, 5.41) is 4.58. The number of ether oxygens (including phenoxy) is 2. The monoisotopic (exact) mass is 301 g/mol. The second kappa shape index (κ2) is 6.03. The Balaban J connectivity index is 1.84. The lowest BCUT2D eigenvalue weighted by Gasteiger charge is -2.02. The van der Waals surface area contributed by atoms with E-state index < -0.39 is 5.97 Å². The van der Waals surface area contributed by atoms with E-state index in [-0.39, 0.29) is 19.0 Å². The number of rotatable bonds is 5. The molecule has 0 amide bonds. The van der Waals surface area contributed by atoms with Gasteiger partial charge in [-0.1, -0.05) is 23.4 Å². The van der Waals surface area contributed by atoms with Crippen LogP contribution in [0.5, 0.6) is 0 Å². The Kier molecular flexibility index (Phi) is 3.93. The van der Waals surface area contributed by atoms with Gasteiger partial charge in [-0.2, -0.15) is 0 Å². The maximum absolute atomic E-state index is 12.3. The third-order valence-corrected chi connectivity index (χ3v) is 3.19. The summed E-state index contributed by atoms with van der Waals surface area (Å²) in [5.41, 5.74) is 2.03. The normalized spacial score (nSPS) is 11.0. The molecule has 114 valence electrons. The van der Waals surface area contributed by atoms with Crippen LogP contribution in [0.25, 0.3) is 11.0 Å². The molecule has 2 heterocycles. The summed E-state index contributed by atoms with van der Waals surface area (Å²) in [6, 6.07) is 9.11. The van der Waals surface area contributed by atoms with Crippen molar-refractivity contribution in [3.63, 3.8) is 0 Å². The first-order valence-corrected chi connectivity index (χ1v) is 6.77. The number of methoxy groups -OCH3 is 1. The number of fused-ring (bicyclic) bond motifs is 1. The Morgan fingerprint density at radius 1 is 1.27 bits per heavy atom. The molecule has 0 N–H and O–H groups in total. The SMILES string of the molecule is COCc1c(C(=O)OCc2cc(C)no2)oc2ccccc12. The molecule has 0 bridgehead atoms. The number of furan rings is 1. The maximum atomic E-state index is 12.3. The van der Waals surface area contributed by atoms with Gasteiger partial charge in [0.25, 0.3) is 0 Å². The predicted octanol–water partition coefficient (Wildman–Crippen LogP) is 3.23. The zero-order valence-corrected chi connectivity index (χ0v) is 12.3. The van der Waals surface area contributed by atoms with Crippen molar-refractivity contribution < 1.29 is 23.2 Å². The number of carbonyl (C=O) groups is 1. The first kappa shape index (κ1) is 14.3. The van der Waals surface area contributed by atoms with E-state index in [0.717, 1.165) is 11.1 Å². The highest BCUT2D eigenvalue weighted by Gasteiger charge is 2.22. The molecule has 0 aliphatic carbocycles. The van der Waals surface area contributed by atoms with Crippen molar-refractivity contribution in [2.75, 3.05) is 7.11 Å². The average Bonchev–Trinajstić information content (AvgIpc) is 3.10. The van der Waals surface area contributed by atoms with Crippen LogP contribution in [0.2, 0.25) is 0 Å². The van der Waals surface area contributed by atoms with Gasteiger partial charge < -0.3 is 18.4 Å². The standard InChI is InChI=1S/C16H15NO5/c1-10-7-11(22-17-10)8-20-16(18)15-13(9-19-2)12-5-3-4-6-14(12)21-15/h3-7H,8-9H2,1-2H3. The fourth-order valence-electron chi connectivity index (χ4n) is 2.24. The van der Waals surface area contributed by atoms with Crippen molar-refractivity contribution in [2.24, 2.45) is 0 Å². The number of para-hydroxylation sites is 1. The van der Waals surface area contributed by atoms with Crippen LogP contribution in [0, 0.1) is 6.92 Å². The van der Waals surface area contributed by atoms with Gasteiger partial charge in [0.15, 0.2) is 12.4 Å². The van der Waals surface area contributed by atoms with Crippen LogP contribution in [0.4, 0.5) is 0 Å². The Morgan fingerprint density at radius 3 is 2.82 bits per heavy atom. The lowest BCUT2D eigenvalue weighted by atomic mass is 10.1. The van der Waals surface area contributed by atoms with Crippen LogP contribution in [-0.2, 0) is 22.7 Å². The highest BCUT2D eigenvalue weighted by Crippen LogP contribution is 2.27. The zero-order valence-electron chi connectivity index (χ0n) is 12.3. The van der Waals surface area contributed by atoms with E-state index in [1.54, 1.807) is 26.2 Å². The summed E-state index contributed by atoms with van der Waals surface area (Å²) < 4.78 is 21.0. The number of benzene rings is 1. The van der Waals surface area contributed by atoms with Gasteiger partial charge in [0, 0.05) is 24.1 Å². The molecule has 22 heavy (non-hydrogen) atoms. The number of esters is 1. The van der Waals surface area contributed by atoms with Gasteiger partial charge in [-0.25, -0.2) is 4.79 Å². The summed E-state index contributed by atoms with van der Waals surface area (Å²) in [6.45, 7) is 2.07. The van der Waals surface area contributed by atoms with Crippen LogP contribution in [0.1, 0.15) is 27.6 Å². The smallest absolute Gasteiger partial charge is 0.375 e. The van der Waals surface area contributed by atoms with Crippen molar-refractivity contribution in [1.29, 1.82) is 0 Å². The molecule has 0 aliphatic heterocycles. The van der Waals surface area contributed by atoms with Gasteiger partial charge >= 0.3 is 5.97 Å². The van der Waals surface area contributed by atoms with E-state index in [4.69, 9.17) is 18.4 Å². The number of hydrogen-bond acceptors (Lipinski definition) is 6. The van der Waals surface area contributed by atoms with E-state index >= 15 is 0 Å². The van der Waals surface area contributed by atoms with Crippen molar-refractivity contribution in [3.8, 4) is 0 Å². The van der Waals surface area contributed by atoms with Crippen LogP contribution in [-0.4, -0.2) is 18.2 Å². The fourth-order valence-corrected chi connectivity index (χ4v) is 2.24. The lowest BCUT2D eigenvalue weighted by molar-refractivity contribution is 0.0398. The van der Waals surface area contributed by atoms with Crippen LogP contribution < -0.4 is 0 Å². The number of aromatic nitrogens is 1. The van der Waals surface area contributed by atoms with Gasteiger partial charge in [-0.05, 0) is 13.0 Å². The Labute approximate surface area is 126 Å². The average molecular weight is 301 g/mol. The number of carbonyl (C=O) groups excluding carboxylic acids is 1. The molecule has 0 unspecified atom stereocenters. The minimum Gasteiger partial charge on any atom is -0.452 e. The molecule has 6 heteroatoms. The predicted molar refractivity (Wildman–Crippen MR) is 77.3 cm³/mol. The Bertz CT molecular complexity index is 802. The van der Waals surface area contributed by atoms with Crippen molar-refractivity contribution in [1.82, 2.24) is 5.16 Å². The quantitative estimate of drug-likeness (QED) is 0.673. The molecule has 0 aliphatic rings. The minimum atomic E-state index is -0.558. The third-order valence-electron chi connectivity index (χ3n) is 3.19. The van der Waals surface area contributed by atoms with Crippen molar-refractivity contribution in [2.45, 2.75) is 20.1 Å². The summed E-state index contributed by atoms with van der Waals surface area (Å²) in [5.74, 6) is 0.0758. The zero-order chi connectivity index (χ0) is 15.5. The number of aryl methyl sites for hydroxylation is 1. The number of hydrogen-bond donors (Lipinski definition) is 0. The first-order chi connectivity index (χ1) is 10.7. The van der Waals surface area contributed by atoms with E-state index in [0.29, 0.717) is 16.9 Å². The van der Waals surface area contributed by atoms with Crippen LogP contribution in [0.15, 0.2) is 39.3 Å². The molecule has 2 aromatic heterocycles. The largest absolute Gasteiger partial charge is 0.452 e. The topological polar surface area (TPSA) is 74.7 Å². The van der Waals surface area contributed by atoms with E-state index in [9.17, 15) is 4.79 Å². The molecule has 0 saturated heterocycles. The first-order valence-electron chi connectivity index (χ1n) is 6.77. The highest BCUT2D eigenvalue weighted by atomic mass is 16.6. The van der Waals surface area contributed by atoms with Gasteiger partial charge in [0.1, 0.15) is 5.58 Å². The lowest BCUT2D eigenvalue weighted by Crippen LogP contribution is -2.07. The van der Waals surface area contributed by atoms with Gasteiger partial charge in [0.2, 0.25) is 5.76 Å². The molecular formula is C16H15NO5. The van der Waals surface area contributed by atoms with Crippen molar-refractivity contribution in [3.05, 3.63) is 53.1 Å². The van der Waals surface area contributed by atoms with Gasteiger partial charge in [-0.3, -0.25) is 0 Å². The highest BCUT2D eigenvalue weighted by molar-refractivity contribution is 5.96. The molecule has 1 aromatic carbocycles. The molecule has 3 aromatic rings. The molecule has 3 rings (SSSR count). The molecule has 0 spiro atoms. The van der Waals surface area contributed by atoms with Crippen LogP contribution in [0.3, 0.4) is 0 Å². The Morgan fingerprint density at radius 2 is 2.09 bits per heavy atom. The van der Waals surface area contributed by atoms with Gasteiger partial charge in [-0.15, -0.1) is 0 Å². The minimum absolute atomic E-state index is 0.00312. The molecular weight excluding hydrogens is 286 g/mol. The molecule has 6 nitrogen and oxygen atoms in total. The second-order valence-electron chi connectivity index (χ2n) is 4.85. The maximum Gasteiger partial charge on any atom is 0.375 e. The van der Waals surface area contributed by atoms with E-state index in [1.807, 2.05) is 18.2 Å². The third kappa shape index (κ3) is 2.73. The fraction of sp³-hybridized carbons (Fsp3) is 0.250. The summed E-state index contributed by atoms with van der Waals surface area (Å²) in [4.78, 5) is 12.3. The molecule has 0 atom stereocenters. The summed E-state index contributed by atoms with van der Waals surface area (Å²) in [7, 11) is 1.56. The summed E-state index contributed by atoms with van der Waals surface area (Å²) >= 11 is 0. The van der Waals surface area contributed by atoms with Crippen molar-refractivity contribution >= 4 is 16.9 Å². The molecule has 0 saturated carbocycles. The van der Waals surface area contributed by atoms with E-state index in [2.05, 4.69) is 5.16 Å². The van der Waals surface area contributed by atoms with Gasteiger partial charge in [0.05, 0.1) is 12.3 Å². The molecule has 0 fully saturated rings. The Hall–Kier alpha value is -2.60. The summed E-state index contributed by atoms with van der Waals surface area (Å²) in [6.07, 6.45) is 0.